The number of Topliss-reactive ketones (excluding diaryl/α,β-unsaturated/α-hetero) is 1. The Kier molecular flexibility index (Phi) is 5.26. The standard InChI is InChI=1S/C17H26BrClO4/c1-10(20)17(12-6-7-16(5,19)13(18)8-12)9-14(22-11(2)21)15(3,4)23-17/h12-14H,6-9H2,1-5H3. The van der Waals surface area contributed by atoms with Crippen molar-refractivity contribution in [1.29, 1.82) is 0 Å². The van der Waals surface area contributed by atoms with E-state index in [0.29, 0.717) is 6.42 Å². The van der Waals surface area contributed by atoms with Gasteiger partial charge in [0.1, 0.15) is 17.3 Å². The van der Waals surface area contributed by atoms with Gasteiger partial charge in [0.2, 0.25) is 0 Å². The minimum Gasteiger partial charge on any atom is -0.459 e. The minimum absolute atomic E-state index is 0.00287. The quantitative estimate of drug-likeness (QED) is 0.522. The van der Waals surface area contributed by atoms with E-state index in [-0.39, 0.29) is 27.4 Å². The fourth-order valence-corrected chi connectivity index (χ4v) is 4.76. The summed E-state index contributed by atoms with van der Waals surface area (Å²) >= 11 is 10.2. The molecule has 6 heteroatoms. The van der Waals surface area contributed by atoms with Crippen molar-refractivity contribution in [3.05, 3.63) is 0 Å². The van der Waals surface area contributed by atoms with Gasteiger partial charge in [-0.3, -0.25) is 9.59 Å². The zero-order valence-corrected chi connectivity index (χ0v) is 16.8. The van der Waals surface area contributed by atoms with Crippen molar-refractivity contribution in [1.82, 2.24) is 0 Å². The van der Waals surface area contributed by atoms with Crippen molar-refractivity contribution in [3.8, 4) is 0 Å². The second kappa shape index (κ2) is 6.30. The Morgan fingerprint density at radius 3 is 2.35 bits per heavy atom. The van der Waals surface area contributed by atoms with Gasteiger partial charge in [-0.1, -0.05) is 15.9 Å². The van der Waals surface area contributed by atoms with Gasteiger partial charge in [-0.15, -0.1) is 11.6 Å². The monoisotopic (exact) mass is 408 g/mol. The van der Waals surface area contributed by atoms with Crippen LogP contribution < -0.4 is 0 Å². The third-order valence-corrected chi connectivity index (χ3v) is 7.50. The Balaban J connectivity index is 2.28. The number of alkyl halides is 2. The highest BCUT2D eigenvalue weighted by Gasteiger charge is 2.60. The molecule has 2 aliphatic rings. The Morgan fingerprint density at radius 2 is 1.87 bits per heavy atom. The normalized spacial score (nSPS) is 43.2. The Morgan fingerprint density at radius 1 is 1.26 bits per heavy atom. The molecule has 5 unspecified atom stereocenters. The van der Waals surface area contributed by atoms with E-state index in [1.54, 1.807) is 6.92 Å². The summed E-state index contributed by atoms with van der Waals surface area (Å²) in [6.07, 6.45) is 2.40. The van der Waals surface area contributed by atoms with E-state index in [0.717, 1.165) is 19.3 Å². The zero-order chi connectivity index (χ0) is 17.6. The van der Waals surface area contributed by atoms with Crippen LogP contribution in [0.4, 0.5) is 0 Å². The fraction of sp³-hybridized carbons (Fsp3) is 0.882. The molecule has 0 radical (unpaired) electrons. The van der Waals surface area contributed by atoms with Crippen LogP contribution in [0.3, 0.4) is 0 Å². The summed E-state index contributed by atoms with van der Waals surface area (Å²) in [7, 11) is 0. The van der Waals surface area contributed by atoms with Gasteiger partial charge in [-0.25, -0.2) is 0 Å². The predicted octanol–water partition coefficient (Wildman–Crippen LogP) is 4.01. The molecular formula is C17H26BrClO4. The summed E-state index contributed by atoms with van der Waals surface area (Å²) < 4.78 is 11.7. The first-order valence-electron chi connectivity index (χ1n) is 8.12. The maximum absolute atomic E-state index is 12.5. The molecule has 0 aromatic heterocycles. The fourth-order valence-electron chi connectivity index (χ4n) is 3.88. The van der Waals surface area contributed by atoms with E-state index in [2.05, 4.69) is 15.9 Å². The number of carbonyl (C=O) groups is 2. The molecule has 1 saturated carbocycles. The summed E-state index contributed by atoms with van der Waals surface area (Å²) in [4.78, 5) is 23.7. The van der Waals surface area contributed by atoms with Crippen molar-refractivity contribution >= 4 is 39.3 Å². The van der Waals surface area contributed by atoms with Gasteiger partial charge in [0.25, 0.3) is 0 Å². The van der Waals surface area contributed by atoms with Crippen LogP contribution in [-0.2, 0) is 19.1 Å². The highest BCUT2D eigenvalue weighted by molar-refractivity contribution is 9.09. The van der Waals surface area contributed by atoms with Gasteiger partial charge in [-0.2, -0.15) is 0 Å². The summed E-state index contributed by atoms with van der Waals surface area (Å²) in [5.41, 5.74) is -1.58. The molecule has 2 fully saturated rings. The maximum atomic E-state index is 12.5. The Bertz CT molecular complexity index is 505. The molecule has 1 aliphatic heterocycles. The highest BCUT2D eigenvalue weighted by atomic mass is 79.9. The first kappa shape index (κ1) is 19.2. The highest BCUT2D eigenvalue weighted by Crippen LogP contribution is 2.52. The molecule has 1 saturated heterocycles. The lowest BCUT2D eigenvalue weighted by Gasteiger charge is -2.44. The van der Waals surface area contributed by atoms with Gasteiger partial charge in [0.05, 0.1) is 4.87 Å². The number of halogens is 2. The summed E-state index contributed by atoms with van der Waals surface area (Å²) in [6.45, 7) is 8.74. The summed E-state index contributed by atoms with van der Waals surface area (Å²) in [6, 6.07) is 0. The maximum Gasteiger partial charge on any atom is 0.303 e. The van der Waals surface area contributed by atoms with Crippen LogP contribution in [0, 0.1) is 5.92 Å². The third kappa shape index (κ3) is 3.62. The van der Waals surface area contributed by atoms with E-state index < -0.39 is 17.3 Å². The molecule has 1 heterocycles. The van der Waals surface area contributed by atoms with E-state index in [1.807, 2.05) is 20.8 Å². The molecule has 0 bridgehead atoms. The van der Waals surface area contributed by atoms with Crippen LogP contribution >= 0.6 is 27.5 Å². The molecule has 0 amide bonds. The molecule has 4 nitrogen and oxygen atoms in total. The van der Waals surface area contributed by atoms with Crippen molar-refractivity contribution in [3.63, 3.8) is 0 Å². The Labute approximate surface area is 151 Å². The van der Waals surface area contributed by atoms with Crippen LogP contribution in [0.5, 0.6) is 0 Å². The molecule has 23 heavy (non-hydrogen) atoms. The van der Waals surface area contributed by atoms with Crippen molar-refractivity contribution in [2.45, 2.75) is 87.3 Å². The number of hydrogen-bond donors (Lipinski definition) is 0. The lowest BCUT2D eigenvalue weighted by atomic mass is 9.70. The molecule has 1 aliphatic carbocycles. The number of rotatable bonds is 3. The van der Waals surface area contributed by atoms with Crippen LogP contribution in [0.2, 0.25) is 0 Å². The van der Waals surface area contributed by atoms with E-state index in [9.17, 15) is 9.59 Å². The number of ether oxygens (including phenoxy) is 2. The SMILES string of the molecule is CC(=O)OC1CC(C(C)=O)(C2CCC(C)(Cl)C(Br)C2)OC1(C)C. The molecule has 5 atom stereocenters. The first-order valence-corrected chi connectivity index (χ1v) is 9.41. The molecule has 0 aromatic carbocycles. The van der Waals surface area contributed by atoms with Crippen LogP contribution in [-0.4, -0.2) is 38.8 Å². The predicted molar refractivity (Wildman–Crippen MR) is 93.1 cm³/mol. The van der Waals surface area contributed by atoms with Crippen molar-refractivity contribution in [2.75, 3.05) is 0 Å². The van der Waals surface area contributed by atoms with Crippen molar-refractivity contribution < 1.29 is 19.1 Å². The van der Waals surface area contributed by atoms with Gasteiger partial charge in [0, 0.05) is 18.2 Å². The van der Waals surface area contributed by atoms with Gasteiger partial charge >= 0.3 is 5.97 Å². The first-order chi connectivity index (χ1) is 10.4. The topological polar surface area (TPSA) is 52.6 Å². The van der Waals surface area contributed by atoms with Crippen LogP contribution in [0.1, 0.15) is 60.3 Å². The van der Waals surface area contributed by atoms with E-state index in [4.69, 9.17) is 21.1 Å². The Hall–Kier alpha value is -0.130. The van der Waals surface area contributed by atoms with Gasteiger partial charge in [-0.05, 0) is 52.9 Å². The average Bonchev–Trinajstić information content (AvgIpc) is 2.65. The largest absolute Gasteiger partial charge is 0.459 e. The third-order valence-electron chi connectivity index (χ3n) is 5.40. The van der Waals surface area contributed by atoms with Crippen LogP contribution in [0.25, 0.3) is 0 Å². The smallest absolute Gasteiger partial charge is 0.303 e. The van der Waals surface area contributed by atoms with E-state index in [1.165, 1.54) is 6.92 Å². The zero-order valence-electron chi connectivity index (χ0n) is 14.4. The second-order valence-corrected chi connectivity index (χ2v) is 9.64. The minimum atomic E-state index is -0.900. The molecular weight excluding hydrogens is 384 g/mol. The average molecular weight is 410 g/mol. The summed E-state index contributed by atoms with van der Waals surface area (Å²) in [5.74, 6) is -0.277. The summed E-state index contributed by atoms with van der Waals surface area (Å²) in [5, 5.41) is 0. The lowest BCUT2D eigenvalue weighted by Crippen LogP contribution is -2.51. The number of esters is 1. The van der Waals surface area contributed by atoms with Gasteiger partial charge < -0.3 is 9.47 Å². The molecule has 2 rings (SSSR count). The molecule has 0 N–H and O–H groups in total. The molecule has 132 valence electrons. The second-order valence-electron chi connectivity index (χ2n) is 7.67. The van der Waals surface area contributed by atoms with Crippen LogP contribution in [0.15, 0.2) is 0 Å². The molecule has 0 aromatic rings. The van der Waals surface area contributed by atoms with Crippen molar-refractivity contribution in [2.24, 2.45) is 5.92 Å². The van der Waals surface area contributed by atoms with Gasteiger partial charge in [0.15, 0.2) is 5.78 Å². The lowest BCUT2D eigenvalue weighted by molar-refractivity contribution is -0.169. The molecule has 0 spiro atoms. The number of carbonyl (C=O) groups excluding carboxylic acids is 2. The number of ketones is 1. The number of hydrogen-bond acceptors (Lipinski definition) is 4. The van der Waals surface area contributed by atoms with E-state index >= 15 is 0 Å².